The van der Waals surface area contributed by atoms with Gasteiger partial charge in [-0.2, -0.15) is 0 Å². The molecule has 1 aromatic rings. The highest BCUT2D eigenvalue weighted by molar-refractivity contribution is 4.60. The quantitative estimate of drug-likeness (QED) is 0.664. The lowest BCUT2D eigenvalue weighted by Crippen LogP contribution is -2.22. The van der Waals surface area contributed by atoms with Crippen molar-refractivity contribution in [3.8, 4) is 0 Å². The molecule has 0 spiro atoms. The van der Waals surface area contributed by atoms with Crippen molar-refractivity contribution < 1.29 is 0 Å². The maximum atomic E-state index is 3.77. The number of unbranched alkanes of at least 4 members (excludes halogenated alkanes) is 1. The van der Waals surface area contributed by atoms with Gasteiger partial charge < -0.3 is 9.88 Å². The van der Waals surface area contributed by atoms with Gasteiger partial charge in [0.1, 0.15) is 12.7 Å². The highest BCUT2D eigenvalue weighted by Gasteiger charge is 1.97. The summed E-state index contributed by atoms with van der Waals surface area (Å²) in [5.41, 5.74) is 0. The van der Waals surface area contributed by atoms with E-state index in [1.807, 2.05) is 4.57 Å². The van der Waals surface area contributed by atoms with Crippen molar-refractivity contribution in [2.24, 2.45) is 5.92 Å². The van der Waals surface area contributed by atoms with Gasteiger partial charge in [-0.05, 0) is 31.8 Å². The summed E-state index contributed by atoms with van der Waals surface area (Å²) >= 11 is 0. The minimum absolute atomic E-state index is 0.794. The molecule has 0 saturated heterocycles. The minimum atomic E-state index is 0.794. The molecule has 1 unspecified atom stereocenters. The van der Waals surface area contributed by atoms with Crippen molar-refractivity contribution in [1.82, 2.24) is 20.1 Å². The molecule has 0 bridgehead atoms. The van der Waals surface area contributed by atoms with E-state index in [-0.39, 0.29) is 0 Å². The van der Waals surface area contributed by atoms with Crippen LogP contribution in [0.4, 0.5) is 0 Å². The van der Waals surface area contributed by atoms with Gasteiger partial charge in [0.05, 0.1) is 0 Å². The van der Waals surface area contributed by atoms with Gasteiger partial charge in [-0.1, -0.05) is 20.3 Å². The Morgan fingerprint density at radius 3 is 2.67 bits per heavy atom. The first-order valence-corrected chi connectivity index (χ1v) is 5.86. The smallest absolute Gasteiger partial charge is 0.119 e. The number of hydrogen-bond donors (Lipinski definition) is 1. The molecule has 0 aliphatic carbocycles. The molecule has 1 aromatic heterocycles. The van der Waals surface area contributed by atoms with Crippen LogP contribution < -0.4 is 5.32 Å². The number of aryl methyl sites for hydroxylation is 1. The van der Waals surface area contributed by atoms with E-state index in [2.05, 4.69) is 29.4 Å². The maximum Gasteiger partial charge on any atom is 0.119 e. The zero-order chi connectivity index (χ0) is 10.9. The van der Waals surface area contributed by atoms with E-state index in [0.29, 0.717) is 0 Å². The minimum Gasteiger partial charge on any atom is -0.320 e. The molecule has 0 amide bonds. The predicted molar refractivity (Wildman–Crippen MR) is 61.6 cm³/mol. The van der Waals surface area contributed by atoms with Crippen molar-refractivity contribution in [2.45, 2.75) is 39.7 Å². The van der Waals surface area contributed by atoms with Crippen LogP contribution in [0.1, 0.15) is 33.1 Å². The Kier molecular flexibility index (Phi) is 6.00. The van der Waals surface area contributed by atoms with Crippen molar-refractivity contribution in [3.63, 3.8) is 0 Å². The summed E-state index contributed by atoms with van der Waals surface area (Å²) in [6.07, 6.45) is 7.20. The summed E-state index contributed by atoms with van der Waals surface area (Å²) in [6, 6.07) is 0. The standard InChI is InChI=1S/C11H22N4/c1-3-11(2)8-12-6-4-5-7-15-9-13-14-10-15/h9-12H,3-8H2,1-2H3. The van der Waals surface area contributed by atoms with Gasteiger partial charge in [-0.25, -0.2) is 0 Å². The largest absolute Gasteiger partial charge is 0.320 e. The van der Waals surface area contributed by atoms with E-state index < -0.39 is 0 Å². The van der Waals surface area contributed by atoms with E-state index in [4.69, 9.17) is 0 Å². The molecule has 1 heterocycles. The molecule has 86 valence electrons. The van der Waals surface area contributed by atoms with E-state index in [1.165, 1.54) is 19.3 Å². The fourth-order valence-electron chi connectivity index (χ4n) is 1.37. The Morgan fingerprint density at radius 1 is 1.27 bits per heavy atom. The summed E-state index contributed by atoms with van der Waals surface area (Å²) < 4.78 is 2.02. The van der Waals surface area contributed by atoms with Crippen LogP contribution in [0.5, 0.6) is 0 Å². The molecule has 0 saturated carbocycles. The second-order valence-electron chi connectivity index (χ2n) is 4.12. The lowest BCUT2D eigenvalue weighted by molar-refractivity contribution is 0.484. The second kappa shape index (κ2) is 7.40. The van der Waals surface area contributed by atoms with E-state index >= 15 is 0 Å². The Balaban J connectivity index is 1.89. The summed E-state index contributed by atoms with van der Waals surface area (Å²) in [6.45, 7) is 7.80. The topological polar surface area (TPSA) is 42.7 Å². The predicted octanol–water partition coefficient (Wildman–Crippen LogP) is 1.69. The molecular weight excluding hydrogens is 188 g/mol. The molecule has 15 heavy (non-hydrogen) atoms. The summed E-state index contributed by atoms with van der Waals surface area (Å²) in [5, 5.41) is 11.0. The molecule has 1 rings (SSSR count). The van der Waals surface area contributed by atoms with Gasteiger partial charge in [0, 0.05) is 6.54 Å². The number of rotatable bonds is 8. The highest BCUT2D eigenvalue weighted by Crippen LogP contribution is 1.98. The fraction of sp³-hybridized carbons (Fsp3) is 0.818. The first-order chi connectivity index (χ1) is 7.33. The maximum absolute atomic E-state index is 3.77. The molecule has 4 nitrogen and oxygen atoms in total. The molecule has 0 aromatic carbocycles. The number of hydrogen-bond acceptors (Lipinski definition) is 3. The molecule has 0 aliphatic rings. The van der Waals surface area contributed by atoms with Crippen LogP contribution in [-0.4, -0.2) is 27.9 Å². The zero-order valence-electron chi connectivity index (χ0n) is 9.82. The normalized spacial score (nSPS) is 12.9. The first-order valence-electron chi connectivity index (χ1n) is 5.86. The number of nitrogens with zero attached hydrogens (tertiary/aromatic N) is 3. The van der Waals surface area contributed by atoms with E-state index in [9.17, 15) is 0 Å². The Morgan fingerprint density at radius 2 is 2.00 bits per heavy atom. The van der Waals surface area contributed by atoms with Crippen LogP contribution in [0.3, 0.4) is 0 Å². The third-order valence-electron chi connectivity index (χ3n) is 2.68. The SMILES string of the molecule is CCC(C)CNCCCCn1cnnc1. The number of nitrogens with one attached hydrogen (secondary N) is 1. The molecule has 1 N–H and O–H groups in total. The van der Waals surface area contributed by atoms with Crippen LogP contribution in [0.25, 0.3) is 0 Å². The zero-order valence-corrected chi connectivity index (χ0v) is 9.82. The number of aromatic nitrogens is 3. The Bertz CT molecular complexity index is 233. The van der Waals surface area contributed by atoms with Gasteiger partial charge in [-0.15, -0.1) is 10.2 Å². The van der Waals surface area contributed by atoms with E-state index in [1.54, 1.807) is 12.7 Å². The summed E-state index contributed by atoms with van der Waals surface area (Å²) in [5.74, 6) is 0.794. The third kappa shape index (κ3) is 5.52. The molecule has 0 radical (unpaired) electrons. The second-order valence-corrected chi connectivity index (χ2v) is 4.12. The van der Waals surface area contributed by atoms with Gasteiger partial charge in [0.2, 0.25) is 0 Å². The monoisotopic (exact) mass is 210 g/mol. The summed E-state index contributed by atoms with van der Waals surface area (Å²) in [7, 11) is 0. The van der Waals surface area contributed by atoms with Crippen molar-refractivity contribution in [3.05, 3.63) is 12.7 Å². The van der Waals surface area contributed by atoms with Crippen LogP contribution in [0.2, 0.25) is 0 Å². The average Bonchev–Trinajstić information content (AvgIpc) is 2.75. The molecular formula is C11H22N4. The van der Waals surface area contributed by atoms with Crippen molar-refractivity contribution in [2.75, 3.05) is 13.1 Å². The van der Waals surface area contributed by atoms with Gasteiger partial charge in [-0.3, -0.25) is 0 Å². The van der Waals surface area contributed by atoms with E-state index in [0.717, 1.165) is 25.6 Å². The Hall–Kier alpha value is -0.900. The first kappa shape index (κ1) is 12.2. The molecule has 0 aliphatic heterocycles. The van der Waals surface area contributed by atoms with Crippen LogP contribution in [-0.2, 0) is 6.54 Å². The van der Waals surface area contributed by atoms with Gasteiger partial charge in [0.25, 0.3) is 0 Å². The lowest BCUT2D eigenvalue weighted by atomic mass is 10.1. The Labute approximate surface area is 92.1 Å². The fourth-order valence-corrected chi connectivity index (χ4v) is 1.37. The third-order valence-corrected chi connectivity index (χ3v) is 2.68. The lowest BCUT2D eigenvalue weighted by Gasteiger charge is -2.09. The summed E-state index contributed by atoms with van der Waals surface area (Å²) in [4.78, 5) is 0. The highest BCUT2D eigenvalue weighted by atomic mass is 15.2. The molecule has 0 fully saturated rings. The van der Waals surface area contributed by atoms with Crippen LogP contribution in [0, 0.1) is 5.92 Å². The van der Waals surface area contributed by atoms with Gasteiger partial charge in [0.15, 0.2) is 0 Å². The van der Waals surface area contributed by atoms with Crippen molar-refractivity contribution >= 4 is 0 Å². The molecule has 4 heteroatoms. The molecule has 1 atom stereocenters. The van der Waals surface area contributed by atoms with Crippen molar-refractivity contribution in [1.29, 1.82) is 0 Å². The van der Waals surface area contributed by atoms with Crippen LogP contribution >= 0.6 is 0 Å². The van der Waals surface area contributed by atoms with Gasteiger partial charge >= 0.3 is 0 Å². The van der Waals surface area contributed by atoms with Crippen LogP contribution in [0.15, 0.2) is 12.7 Å². The average molecular weight is 210 g/mol.